The van der Waals surface area contributed by atoms with Gasteiger partial charge < -0.3 is 14.4 Å². The van der Waals surface area contributed by atoms with Gasteiger partial charge in [-0.2, -0.15) is 0 Å². The van der Waals surface area contributed by atoms with Crippen molar-refractivity contribution in [1.29, 1.82) is 0 Å². The Morgan fingerprint density at radius 1 is 1.57 bits per heavy atom. The van der Waals surface area contributed by atoms with Crippen molar-refractivity contribution >= 4 is 5.97 Å². The lowest BCUT2D eigenvalue weighted by atomic mass is 9.93. The van der Waals surface area contributed by atoms with E-state index in [4.69, 9.17) is 9.47 Å². The Labute approximate surface area is 85.2 Å². The lowest BCUT2D eigenvalue weighted by Crippen LogP contribution is -2.46. The number of hydrogen-bond acceptors (Lipinski definition) is 4. The predicted molar refractivity (Wildman–Crippen MR) is 53.1 cm³/mol. The second-order valence-corrected chi connectivity index (χ2v) is 3.90. The summed E-state index contributed by atoms with van der Waals surface area (Å²) in [4.78, 5) is 13.5. The van der Waals surface area contributed by atoms with Crippen LogP contribution in [0.3, 0.4) is 0 Å². The van der Waals surface area contributed by atoms with E-state index in [1.807, 2.05) is 21.0 Å². The van der Waals surface area contributed by atoms with Crippen molar-refractivity contribution in [3.63, 3.8) is 0 Å². The molecular weight excluding hydrogens is 182 g/mol. The fourth-order valence-electron chi connectivity index (χ4n) is 1.73. The third-order valence-electron chi connectivity index (χ3n) is 2.81. The number of carbonyl (C=O) groups is 1. The van der Waals surface area contributed by atoms with Gasteiger partial charge in [-0.25, -0.2) is 0 Å². The summed E-state index contributed by atoms with van der Waals surface area (Å²) >= 11 is 0. The molecule has 0 aliphatic carbocycles. The van der Waals surface area contributed by atoms with Crippen LogP contribution >= 0.6 is 0 Å². The van der Waals surface area contributed by atoms with Crippen LogP contribution in [0, 0.1) is 0 Å². The topological polar surface area (TPSA) is 38.8 Å². The van der Waals surface area contributed by atoms with Gasteiger partial charge in [0.25, 0.3) is 0 Å². The molecule has 1 aliphatic heterocycles. The summed E-state index contributed by atoms with van der Waals surface area (Å²) in [5, 5.41) is 0. The molecule has 0 aromatic rings. The second-order valence-electron chi connectivity index (χ2n) is 3.90. The van der Waals surface area contributed by atoms with E-state index in [-0.39, 0.29) is 11.5 Å². The largest absolute Gasteiger partial charge is 0.466 e. The first-order valence-corrected chi connectivity index (χ1v) is 5.01. The number of carbonyl (C=O) groups excluding carboxylic acids is 1. The van der Waals surface area contributed by atoms with E-state index in [0.717, 1.165) is 13.0 Å². The molecule has 0 radical (unpaired) electrons. The minimum Gasteiger partial charge on any atom is -0.466 e. The van der Waals surface area contributed by atoms with Crippen LogP contribution in [0.1, 0.15) is 19.8 Å². The molecule has 1 saturated heterocycles. The molecule has 1 rings (SSSR count). The zero-order valence-electron chi connectivity index (χ0n) is 9.21. The molecule has 0 saturated carbocycles. The van der Waals surface area contributed by atoms with Gasteiger partial charge in [0.2, 0.25) is 0 Å². The molecular formula is C10H19NO3. The highest BCUT2D eigenvalue weighted by Crippen LogP contribution is 2.27. The van der Waals surface area contributed by atoms with Crippen molar-refractivity contribution in [2.45, 2.75) is 25.3 Å². The Balaban J connectivity index is 2.56. The molecule has 1 aliphatic rings. The zero-order valence-corrected chi connectivity index (χ0v) is 9.21. The highest BCUT2D eigenvalue weighted by Gasteiger charge is 2.39. The molecule has 0 spiro atoms. The number of rotatable bonds is 4. The van der Waals surface area contributed by atoms with Gasteiger partial charge in [-0.05, 0) is 27.4 Å². The average Bonchev–Trinajstić information content (AvgIpc) is 2.54. The van der Waals surface area contributed by atoms with Crippen LogP contribution in [0.25, 0.3) is 0 Å². The molecule has 0 bridgehead atoms. The smallest absolute Gasteiger partial charge is 0.307 e. The maximum Gasteiger partial charge on any atom is 0.307 e. The summed E-state index contributed by atoms with van der Waals surface area (Å²) in [5.41, 5.74) is -0.147. The number of hydrogen-bond donors (Lipinski definition) is 0. The van der Waals surface area contributed by atoms with Crippen LogP contribution in [0.2, 0.25) is 0 Å². The van der Waals surface area contributed by atoms with Gasteiger partial charge >= 0.3 is 5.97 Å². The predicted octanol–water partition coefficient (Wildman–Crippen LogP) is 0.660. The van der Waals surface area contributed by atoms with Crippen molar-refractivity contribution in [1.82, 2.24) is 4.90 Å². The summed E-state index contributed by atoms with van der Waals surface area (Å²) in [5.74, 6) is -0.133. The Hall–Kier alpha value is -0.610. The van der Waals surface area contributed by atoms with E-state index >= 15 is 0 Å². The fourth-order valence-corrected chi connectivity index (χ4v) is 1.73. The van der Waals surface area contributed by atoms with Gasteiger partial charge in [-0.3, -0.25) is 4.79 Å². The third kappa shape index (κ3) is 2.45. The van der Waals surface area contributed by atoms with E-state index in [2.05, 4.69) is 4.90 Å². The number of ether oxygens (including phenoxy) is 2. The first kappa shape index (κ1) is 11.5. The van der Waals surface area contributed by atoms with Crippen molar-refractivity contribution in [3.8, 4) is 0 Å². The third-order valence-corrected chi connectivity index (χ3v) is 2.81. The van der Waals surface area contributed by atoms with Crippen molar-refractivity contribution < 1.29 is 14.3 Å². The molecule has 1 unspecified atom stereocenters. The van der Waals surface area contributed by atoms with Crippen LogP contribution in [0.5, 0.6) is 0 Å². The van der Waals surface area contributed by atoms with E-state index in [1.165, 1.54) is 0 Å². The quantitative estimate of drug-likeness (QED) is 0.626. The minimum atomic E-state index is -0.147. The molecule has 0 aromatic carbocycles. The first-order valence-electron chi connectivity index (χ1n) is 5.01. The van der Waals surface area contributed by atoms with Crippen molar-refractivity contribution in [2.24, 2.45) is 0 Å². The number of likely N-dealkylation sites (N-methyl/N-ethyl adjacent to an activating group) is 1. The zero-order chi connectivity index (χ0) is 10.6. The highest BCUT2D eigenvalue weighted by molar-refractivity contribution is 5.71. The van der Waals surface area contributed by atoms with Gasteiger partial charge in [-0.1, -0.05) is 0 Å². The van der Waals surface area contributed by atoms with Crippen LogP contribution in [0.15, 0.2) is 0 Å². The van der Waals surface area contributed by atoms with Gasteiger partial charge in [-0.15, -0.1) is 0 Å². The summed E-state index contributed by atoms with van der Waals surface area (Å²) < 4.78 is 10.3. The molecule has 0 aromatic heterocycles. The van der Waals surface area contributed by atoms with Gasteiger partial charge in [0, 0.05) is 6.61 Å². The monoisotopic (exact) mass is 201 g/mol. The van der Waals surface area contributed by atoms with Gasteiger partial charge in [0.1, 0.15) is 0 Å². The van der Waals surface area contributed by atoms with E-state index < -0.39 is 0 Å². The molecule has 4 nitrogen and oxygen atoms in total. The van der Waals surface area contributed by atoms with Crippen molar-refractivity contribution in [3.05, 3.63) is 0 Å². The lowest BCUT2D eigenvalue weighted by molar-refractivity contribution is -0.146. The Morgan fingerprint density at radius 3 is 2.71 bits per heavy atom. The second kappa shape index (κ2) is 4.75. The van der Waals surface area contributed by atoms with Gasteiger partial charge in [0.05, 0.1) is 25.2 Å². The first-order chi connectivity index (χ1) is 6.60. The van der Waals surface area contributed by atoms with E-state index in [0.29, 0.717) is 19.6 Å². The SMILES string of the molecule is CCOC(=O)CC1(N(C)C)CCOC1. The fraction of sp³-hybridized carbons (Fsp3) is 0.900. The molecule has 0 N–H and O–H groups in total. The maximum atomic E-state index is 11.4. The van der Waals surface area contributed by atoms with Crippen LogP contribution < -0.4 is 0 Å². The summed E-state index contributed by atoms with van der Waals surface area (Å²) in [6.45, 7) is 3.63. The molecule has 1 heterocycles. The molecule has 14 heavy (non-hydrogen) atoms. The molecule has 1 atom stereocenters. The average molecular weight is 201 g/mol. The van der Waals surface area contributed by atoms with Crippen molar-refractivity contribution in [2.75, 3.05) is 33.9 Å². The highest BCUT2D eigenvalue weighted by atomic mass is 16.5. The van der Waals surface area contributed by atoms with Gasteiger partial charge in [0.15, 0.2) is 0 Å². The van der Waals surface area contributed by atoms with E-state index in [9.17, 15) is 4.79 Å². The summed E-state index contributed by atoms with van der Waals surface area (Å²) in [6, 6.07) is 0. The number of nitrogens with zero attached hydrogens (tertiary/aromatic N) is 1. The van der Waals surface area contributed by atoms with Crippen LogP contribution in [0.4, 0.5) is 0 Å². The summed E-state index contributed by atoms with van der Waals surface area (Å²) in [7, 11) is 3.96. The summed E-state index contributed by atoms with van der Waals surface area (Å²) in [6.07, 6.45) is 1.33. The lowest BCUT2D eigenvalue weighted by Gasteiger charge is -2.33. The normalized spacial score (nSPS) is 26.9. The molecule has 82 valence electrons. The Bertz CT molecular complexity index is 198. The molecule has 4 heteroatoms. The Kier molecular flexibility index (Phi) is 3.89. The van der Waals surface area contributed by atoms with E-state index in [1.54, 1.807) is 0 Å². The minimum absolute atomic E-state index is 0.133. The molecule has 1 fully saturated rings. The number of esters is 1. The standard InChI is InChI=1S/C10H19NO3/c1-4-14-9(12)7-10(11(2)3)5-6-13-8-10/h4-8H2,1-3H3. The van der Waals surface area contributed by atoms with Crippen LogP contribution in [-0.2, 0) is 14.3 Å². The maximum absolute atomic E-state index is 11.4. The Morgan fingerprint density at radius 2 is 2.29 bits per heavy atom. The molecule has 0 amide bonds. The van der Waals surface area contributed by atoms with Crippen LogP contribution in [-0.4, -0.2) is 50.3 Å².